The maximum Gasteiger partial charge on any atom is 0.137 e. The van der Waals surface area contributed by atoms with Gasteiger partial charge < -0.3 is 5.32 Å². The fraction of sp³-hybridized carbons (Fsp3) is 0.667. The normalized spacial score (nSPS) is 13.6. The highest BCUT2D eigenvalue weighted by atomic mass is 32.1. The highest BCUT2D eigenvalue weighted by Gasteiger charge is 2.22. The van der Waals surface area contributed by atoms with Crippen LogP contribution in [0.15, 0.2) is 6.33 Å². The molecule has 0 aliphatic heterocycles. The van der Waals surface area contributed by atoms with Crippen LogP contribution < -0.4 is 5.32 Å². The summed E-state index contributed by atoms with van der Waals surface area (Å²) in [5, 5.41) is 11.5. The maximum atomic E-state index is 4.73. The van der Waals surface area contributed by atoms with Gasteiger partial charge in [0.15, 0.2) is 0 Å². The summed E-state index contributed by atoms with van der Waals surface area (Å²) in [6.07, 6.45) is 3.53. The van der Waals surface area contributed by atoms with Gasteiger partial charge in [0, 0.05) is 22.8 Å². The van der Waals surface area contributed by atoms with Crippen molar-refractivity contribution < 1.29 is 0 Å². The molecule has 0 bridgehead atoms. The fourth-order valence-electron chi connectivity index (χ4n) is 2.15. The standard InChI is InChI=1S/C15H25N5S/c1-10(16-8-6-7-12-17-9-18-20-12)13-11(2)19-14(21-13)15(3,4)5/h9-10,16H,6-8H2,1-5H3,(H,17,18,20). The number of thiazole rings is 1. The van der Waals surface area contributed by atoms with Gasteiger partial charge in [0.1, 0.15) is 12.2 Å². The number of rotatable bonds is 6. The topological polar surface area (TPSA) is 66.5 Å². The Morgan fingerprint density at radius 1 is 1.38 bits per heavy atom. The zero-order chi connectivity index (χ0) is 15.5. The summed E-state index contributed by atoms with van der Waals surface area (Å²) in [7, 11) is 0. The average molecular weight is 307 g/mol. The lowest BCUT2D eigenvalue weighted by Gasteiger charge is -2.14. The summed E-state index contributed by atoms with van der Waals surface area (Å²) in [5.41, 5.74) is 1.28. The third-order valence-corrected chi connectivity index (χ3v) is 5.14. The number of nitrogens with one attached hydrogen (secondary N) is 2. The van der Waals surface area contributed by atoms with Gasteiger partial charge in [-0.25, -0.2) is 9.97 Å². The second kappa shape index (κ2) is 6.66. The molecule has 0 amide bonds. The molecule has 0 saturated heterocycles. The molecule has 0 spiro atoms. The minimum atomic E-state index is 0.125. The Hall–Kier alpha value is -1.27. The number of nitrogens with zero attached hydrogens (tertiary/aromatic N) is 3. The van der Waals surface area contributed by atoms with Crippen molar-refractivity contribution in [3.05, 3.63) is 27.7 Å². The lowest BCUT2D eigenvalue weighted by molar-refractivity contribution is 0.558. The number of aromatic nitrogens is 4. The van der Waals surface area contributed by atoms with E-state index in [1.165, 1.54) is 9.88 Å². The Bertz CT molecular complexity index is 553. The number of aryl methyl sites for hydroxylation is 2. The molecule has 1 unspecified atom stereocenters. The van der Waals surface area contributed by atoms with Gasteiger partial charge in [0.25, 0.3) is 0 Å². The van der Waals surface area contributed by atoms with Crippen LogP contribution >= 0.6 is 11.3 Å². The number of hydrogen-bond acceptors (Lipinski definition) is 5. The largest absolute Gasteiger partial charge is 0.309 e. The molecule has 0 aliphatic rings. The number of aromatic amines is 1. The second-order valence-corrected chi connectivity index (χ2v) is 7.46. The first kappa shape index (κ1) is 16.1. The quantitative estimate of drug-likeness (QED) is 0.805. The summed E-state index contributed by atoms with van der Waals surface area (Å²) in [6.45, 7) is 11.9. The molecule has 2 rings (SSSR count). The Morgan fingerprint density at radius 3 is 2.71 bits per heavy atom. The van der Waals surface area contributed by atoms with E-state index in [0.717, 1.165) is 30.9 Å². The predicted molar refractivity (Wildman–Crippen MR) is 86.7 cm³/mol. The molecule has 116 valence electrons. The third-order valence-electron chi connectivity index (χ3n) is 3.37. The smallest absolute Gasteiger partial charge is 0.137 e. The third kappa shape index (κ3) is 4.35. The van der Waals surface area contributed by atoms with Crippen LogP contribution in [0.25, 0.3) is 0 Å². The van der Waals surface area contributed by atoms with Gasteiger partial charge in [-0.15, -0.1) is 11.3 Å². The minimum absolute atomic E-state index is 0.125. The molecule has 21 heavy (non-hydrogen) atoms. The summed E-state index contributed by atoms with van der Waals surface area (Å²) in [5.74, 6) is 0.952. The van der Waals surface area contributed by atoms with E-state index in [9.17, 15) is 0 Å². The van der Waals surface area contributed by atoms with Gasteiger partial charge in [-0.1, -0.05) is 20.8 Å². The zero-order valence-corrected chi connectivity index (χ0v) is 14.3. The van der Waals surface area contributed by atoms with Crippen molar-refractivity contribution in [2.75, 3.05) is 6.54 Å². The van der Waals surface area contributed by atoms with Crippen LogP contribution in [0.4, 0.5) is 0 Å². The number of H-pyrrole nitrogens is 1. The van der Waals surface area contributed by atoms with Crippen LogP contribution in [-0.2, 0) is 11.8 Å². The lowest BCUT2D eigenvalue weighted by Crippen LogP contribution is -2.20. The molecule has 6 heteroatoms. The minimum Gasteiger partial charge on any atom is -0.309 e. The molecule has 0 fully saturated rings. The molecule has 0 aliphatic carbocycles. The first-order valence-corrected chi connectivity index (χ1v) is 8.25. The lowest BCUT2D eigenvalue weighted by atomic mass is 9.98. The van der Waals surface area contributed by atoms with Crippen molar-refractivity contribution in [1.82, 2.24) is 25.5 Å². The Morgan fingerprint density at radius 2 is 2.14 bits per heavy atom. The first-order valence-electron chi connectivity index (χ1n) is 7.43. The molecule has 2 heterocycles. The second-order valence-electron chi connectivity index (χ2n) is 6.43. The van der Waals surface area contributed by atoms with Gasteiger partial charge in [-0.3, -0.25) is 5.10 Å². The summed E-state index contributed by atoms with van der Waals surface area (Å²) in [6, 6.07) is 0.341. The van der Waals surface area contributed by atoms with Gasteiger partial charge in [0.2, 0.25) is 0 Å². The average Bonchev–Trinajstić information content (AvgIpc) is 3.02. The Balaban J connectivity index is 1.85. The molecular weight excluding hydrogens is 282 g/mol. The molecular formula is C15H25N5S. The molecule has 2 aromatic rings. The first-order chi connectivity index (χ1) is 9.88. The van der Waals surface area contributed by atoms with Gasteiger partial charge >= 0.3 is 0 Å². The summed E-state index contributed by atoms with van der Waals surface area (Å²) < 4.78 is 0. The van der Waals surface area contributed by atoms with E-state index in [-0.39, 0.29) is 5.41 Å². The van der Waals surface area contributed by atoms with E-state index in [1.54, 1.807) is 6.33 Å². The van der Waals surface area contributed by atoms with Crippen molar-refractivity contribution >= 4 is 11.3 Å². The van der Waals surface area contributed by atoms with E-state index in [4.69, 9.17) is 4.98 Å². The molecule has 0 aromatic carbocycles. The molecule has 0 radical (unpaired) electrons. The molecule has 0 saturated carbocycles. The zero-order valence-electron chi connectivity index (χ0n) is 13.5. The Labute approximate surface area is 130 Å². The van der Waals surface area contributed by atoms with Gasteiger partial charge in [-0.05, 0) is 26.8 Å². The van der Waals surface area contributed by atoms with Crippen molar-refractivity contribution in [3.8, 4) is 0 Å². The van der Waals surface area contributed by atoms with Crippen molar-refractivity contribution in [1.29, 1.82) is 0 Å². The van der Waals surface area contributed by atoms with Crippen molar-refractivity contribution in [3.63, 3.8) is 0 Å². The van der Waals surface area contributed by atoms with E-state index < -0.39 is 0 Å². The SMILES string of the molecule is Cc1nc(C(C)(C)C)sc1C(C)NCCCc1ncn[nH]1. The van der Waals surface area contributed by atoms with Crippen LogP contribution in [0.2, 0.25) is 0 Å². The van der Waals surface area contributed by atoms with Crippen LogP contribution in [0.3, 0.4) is 0 Å². The summed E-state index contributed by atoms with van der Waals surface area (Å²) >= 11 is 1.83. The van der Waals surface area contributed by atoms with Gasteiger partial charge in [-0.2, -0.15) is 5.10 Å². The molecule has 1 atom stereocenters. The fourth-order valence-corrected chi connectivity index (χ4v) is 3.30. The predicted octanol–water partition coefficient (Wildman–Crippen LogP) is 3.15. The van der Waals surface area contributed by atoms with E-state index in [2.05, 4.69) is 55.1 Å². The Kier molecular flexibility index (Phi) is 5.11. The summed E-state index contributed by atoms with van der Waals surface area (Å²) in [4.78, 5) is 10.2. The van der Waals surface area contributed by atoms with Crippen LogP contribution in [0.5, 0.6) is 0 Å². The van der Waals surface area contributed by atoms with Crippen molar-refractivity contribution in [2.45, 2.75) is 58.9 Å². The molecule has 5 nitrogen and oxygen atoms in total. The highest BCUT2D eigenvalue weighted by molar-refractivity contribution is 7.12. The van der Waals surface area contributed by atoms with E-state index >= 15 is 0 Å². The van der Waals surface area contributed by atoms with E-state index in [1.807, 2.05) is 11.3 Å². The van der Waals surface area contributed by atoms with Crippen LogP contribution in [0.1, 0.15) is 61.6 Å². The number of hydrogen-bond donors (Lipinski definition) is 2. The van der Waals surface area contributed by atoms with Gasteiger partial charge in [0.05, 0.1) is 10.7 Å². The van der Waals surface area contributed by atoms with Crippen molar-refractivity contribution in [2.24, 2.45) is 0 Å². The highest BCUT2D eigenvalue weighted by Crippen LogP contribution is 2.32. The molecule has 2 N–H and O–H groups in total. The van der Waals surface area contributed by atoms with E-state index in [0.29, 0.717) is 6.04 Å². The van der Waals surface area contributed by atoms with Crippen LogP contribution in [-0.4, -0.2) is 26.7 Å². The monoisotopic (exact) mass is 307 g/mol. The molecule has 2 aromatic heterocycles. The maximum absolute atomic E-state index is 4.73. The van der Waals surface area contributed by atoms with Crippen LogP contribution in [0, 0.1) is 6.92 Å².